The third-order valence-electron chi connectivity index (χ3n) is 4.31. The van der Waals surface area contributed by atoms with E-state index in [1.165, 1.54) is 21.2 Å². The van der Waals surface area contributed by atoms with Gasteiger partial charge in [0.1, 0.15) is 5.76 Å². The molecule has 0 saturated carbocycles. The van der Waals surface area contributed by atoms with Crippen molar-refractivity contribution in [2.45, 2.75) is 13.0 Å². The number of amides is 1. The first-order valence-electron chi connectivity index (χ1n) is 8.33. The number of aromatic nitrogens is 1. The molecule has 1 fully saturated rings. The molecule has 0 unspecified atom stereocenters. The van der Waals surface area contributed by atoms with Crippen molar-refractivity contribution in [3.8, 4) is 0 Å². The van der Waals surface area contributed by atoms with Gasteiger partial charge >= 0.3 is 0 Å². The van der Waals surface area contributed by atoms with E-state index in [0.717, 1.165) is 0 Å². The molecule has 140 valence electrons. The van der Waals surface area contributed by atoms with Crippen molar-refractivity contribution in [2.75, 3.05) is 32.4 Å². The first-order valence-corrected chi connectivity index (χ1v) is 10.2. The first kappa shape index (κ1) is 18.4. The zero-order chi connectivity index (χ0) is 18.7. The molecular formula is C17H21N3O5S. The summed E-state index contributed by atoms with van der Waals surface area (Å²) in [5, 5.41) is 0. The van der Waals surface area contributed by atoms with Crippen LogP contribution >= 0.6 is 0 Å². The molecule has 0 N–H and O–H groups in total. The van der Waals surface area contributed by atoms with Gasteiger partial charge in [0, 0.05) is 38.4 Å². The van der Waals surface area contributed by atoms with Crippen molar-refractivity contribution in [3.05, 3.63) is 58.4 Å². The standard InChI is InChI=1S/C17H21N3O5S/c1-26(23,24)20-10-4-9-18(11-12-20)17(22)15-7-6-14(25-15)13-19-8-3-2-5-16(19)21/h2-3,5-8H,4,9-13H2,1H3. The predicted molar refractivity (Wildman–Crippen MR) is 95.4 cm³/mol. The number of hydrogen-bond acceptors (Lipinski definition) is 5. The van der Waals surface area contributed by atoms with E-state index in [1.807, 2.05) is 0 Å². The Hall–Kier alpha value is -2.39. The fourth-order valence-electron chi connectivity index (χ4n) is 2.92. The molecule has 0 aliphatic carbocycles. The van der Waals surface area contributed by atoms with Gasteiger partial charge < -0.3 is 13.9 Å². The fourth-order valence-corrected chi connectivity index (χ4v) is 3.80. The lowest BCUT2D eigenvalue weighted by Crippen LogP contribution is -2.36. The summed E-state index contributed by atoms with van der Waals surface area (Å²) in [6, 6.07) is 8.13. The van der Waals surface area contributed by atoms with Gasteiger partial charge in [-0.05, 0) is 24.6 Å². The average molecular weight is 379 g/mol. The normalized spacial score (nSPS) is 16.4. The summed E-state index contributed by atoms with van der Waals surface area (Å²) < 4.78 is 31.8. The van der Waals surface area contributed by atoms with Gasteiger partial charge in [-0.2, -0.15) is 0 Å². The third kappa shape index (κ3) is 4.23. The lowest BCUT2D eigenvalue weighted by atomic mass is 10.3. The van der Waals surface area contributed by atoms with Gasteiger partial charge in [0.25, 0.3) is 11.5 Å². The highest BCUT2D eigenvalue weighted by Gasteiger charge is 2.25. The van der Waals surface area contributed by atoms with E-state index in [0.29, 0.717) is 31.8 Å². The Morgan fingerprint density at radius 1 is 1.12 bits per heavy atom. The van der Waals surface area contributed by atoms with Crippen LogP contribution in [0.15, 0.2) is 45.7 Å². The fraction of sp³-hybridized carbons (Fsp3) is 0.412. The second kappa shape index (κ2) is 7.46. The summed E-state index contributed by atoms with van der Waals surface area (Å²) in [5.74, 6) is 0.429. The molecule has 2 aromatic rings. The van der Waals surface area contributed by atoms with E-state index in [1.54, 1.807) is 35.4 Å². The van der Waals surface area contributed by atoms with Crippen molar-refractivity contribution in [3.63, 3.8) is 0 Å². The number of pyridine rings is 1. The topological polar surface area (TPSA) is 92.8 Å². The zero-order valence-corrected chi connectivity index (χ0v) is 15.3. The maximum Gasteiger partial charge on any atom is 0.289 e. The molecule has 1 aliphatic heterocycles. The van der Waals surface area contributed by atoms with Gasteiger partial charge in [-0.25, -0.2) is 12.7 Å². The molecule has 2 aromatic heterocycles. The van der Waals surface area contributed by atoms with Crippen LogP contribution in [-0.2, 0) is 16.6 Å². The Balaban J connectivity index is 1.68. The van der Waals surface area contributed by atoms with Crippen LogP contribution in [0.25, 0.3) is 0 Å². The minimum atomic E-state index is -3.26. The SMILES string of the molecule is CS(=O)(=O)N1CCCN(C(=O)c2ccc(Cn3ccccc3=O)o2)CC1. The maximum atomic E-state index is 12.6. The predicted octanol–water partition coefficient (Wildman–Crippen LogP) is 0.597. The molecule has 0 radical (unpaired) electrons. The Morgan fingerprint density at radius 3 is 2.65 bits per heavy atom. The van der Waals surface area contributed by atoms with Gasteiger partial charge in [0.05, 0.1) is 12.8 Å². The largest absolute Gasteiger partial charge is 0.454 e. The molecular weight excluding hydrogens is 358 g/mol. The summed E-state index contributed by atoms with van der Waals surface area (Å²) in [6.07, 6.45) is 3.40. The van der Waals surface area contributed by atoms with Crippen LogP contribution in [0.1, 0.15) is 22.7 Å². The second-order valence-corrected chi connectivity index (χ2v) is 8.22. The van der Waals surface area contributed by atoms with Crippen molar-refractivity contribution in [2.24, 2.45) is 0 Å². The van der Waals surface area contributed by atoms with Crippen LogP contribution in [0.3, 0.4) is 0 Å². The lowest BCUT2D eigenvalue weighted by Gasteiger charge is -2.20. The molecule has 0 aromatic carbocycles. The highest BCUT2D eigenvalue weighted by atomic mass is 32.2. The zero-order valence-electron chi connectivity index (χ0n) is 14.5. The molecule has 3 heterocycles. The molecule has 3 rings (SSSR count). The first-order chi connectivity index (χ1) is 12.3. The molecule has 9 heteroatoms. The van der Waals surface area contributed by atoms with Crippen molar-refractivity contribution in [1.82, 2.24) is 13.8 Å². The van der Waals surface area contributed by atoms with E-state index in [-0.39, 0.29) is 30.3 Å². The van der Waals surface area contributed by atoms with Gasteiger partial charge in [-0.15, -0.1) is 0 Å². The monoisotopic (exact) mass is 379 g/mol. The second-order valence-electron chi connectivity index (χ2n) is 6.24. The molecule has 0 spiro atoms. The number of carbonyl (C=O) groups excluding carboxylic acids is 1. The van der Waals surface area contributed by atoms with Gasteiger partial charge in [0.2, 0.25) is 10.0 Å². The smallest absolute Gasteiger partial charge is 0.289 e. The van der Waals surface area contributed by atoms with Crippen molar-refractivity contribution < 1.29 is 17.6 Å². The van der Waals surface area contributed by atoms with Gasteiger partial charge in [-0.1, -0.05) is 6.07 Å². The van der Waals surface area contributed by atoms with E-state index >= 15 is 0 Å². The Bertz CT molecular complexity index is 947. The maximum absolute atomic E-state index is 12.6. The average Bonchev–Trinajstić information content (AvgIpc) is 2.89. The number of sulfonamides is 1. The Morgan fingerprint density at radius 2 is 1.92 bits per heavy atom. The molecule has 1 amide bonds. The minimum absolute atomic E-state index is 0.148. The quantitative estimate of drug-likeness (QED) is 0.775. The van der Waals surface area contributed by atoms with Crippen LogP contribution in [0.5, 0.6) is 0 Å². The Kier molecular flexibility index (Phi) is 5.28. The number of hydrogen-bond donors (Lipinski definition) is 0. The Labute approximate surface area is 151 Å². The van der Waals surface area contributed by atoms with Crippen molar-refractivity contribution in [1.29, 1.82) is 0 Å². The van der Waals surface area contributed by atoms with Gasteiger partial charge in [0.15, 0.2) is 5.76 Å². The number of rotatable bonds is 4. The summed E-state index contributed by atoms with van der Waals surface area (Å²) >= 11 is 0. The van der Waals surface area contributed by atoms with Crippen LogP contribution < -0.4 is 5.56 Å². The molecule has 1 saturated heterocycles. The number of furan rings is 1. The summed E-state index contributed by atoms with van der Waals surface area (Å²) in [5.41, 5.74) is -0.148. The van der Waals surface area contributed by atoms with Gasteiger partial charge in [-0.3, -0.25) is 9.59 Å². The summed E-state index contributed by atoms with van der Waals surface area (Å²) in [6.45, 7) is 1.72. The van der Waals surface area contributed by atoms with Crippen LogP contribution in [0.2, 0.25) is 0 Å². The summed E-state index contributed by atoms with van der Waals surface area (Å²) in [4.78, 5) is 26.0. The molecule has 8 nitrogen and oxygen atoms in total. The highest BCUT2D eigenvalue weighted by molar-refractivity contribution is 7.88. The van der Waals surface area contributed by atoms with E-state index < -0.39 is 10.0 Å². The molecule has 0 atom stereocenters. The molecule has 0 bridgehead atoms. The van der Waals surface area contributed by atoms with Crippen LogP contribution in [0.4, 0.5) is 0 Å². The van der Waals surface area contributed by atoms with Crippen LogP contribution in [-0.4, -0.2) is 60.5 Å². The minimum Gasteiger partial charge on any atom is -0.454 e. The summed E-state index contributed by atoms with van der Waals surface area (Å²) in [7, 11) is -3.26. The number of carbonyl (C=O) groups is 1. The van der Waals surface area contributed by atoms with E-state index in [4.69, 9.17) is 4.42 Å². The van der Waals surface area contributed by atoms with E-state index in [2.05, 4.69) is 0 Å². The highest BCUT2D eigenvalue weighted by Crippen LogP contribution is 2.14. The third-order valence-corrected chi connectivity index (χ3v) is 5.61. The molecule has 1 aliphatic rings. The van der Waals surface area contributed by atoms with Crippen molar-refractivity contribution >= 4 is 15.9 Å². The van der Waals surface area contributed by atoms with E-state index in [9.17, 15) is 18.0 Å². The molecule has 26 heavy (non-hydrogen) atoms. The van der Waals surface area contributed by atoms with Crippen LogP contribution in [0, 0.1) is 0 Å². The lowest BCUT2D eigenvalue weighted by molar-refractivity contribution is 0.0730. The number of nitrogens with zero attached hydrogens (tertiary/aromatic N) is 3.